The van der Waals surface area contributed by atoms with E-state index >= 15 is 0 Å². The average Bonchev–Trinajstić information content (AvgIpc) is 3.20. The Morgan fingerprint density at radius 1 is 1.02 bits per heavy atom. The van der Waals surface area contributed by atoms with E-state index < -0.39 is 40.4 Å². The summed E-state index contributed by atoms with van der Waals surface area (Å²) in [4.78, 5) is 65.8. The van der Waals surface area contributed by atoms with Crippen molar-refractivity contribution in [2.45, 2.75) is 25.7 Å². The number of amides is 2. The number of carbonyl (C=O) groups excluding carboxylic acids is 4. The second-order valence-electron chi connectivity index (χ2n) is 10.4. The minimum absolute atomic E-state index is 0.0935. The predicted octanol–water partition coefficient (Wildman–Crippen LogP) is 3.94. The number of aromatic hydroxyl groups is 1. The van der Waals surface area contributed by atoms with Crippen LogP contribution in [0.4, 0.5) is 11.4 Å². The van der Waals surface area contributed by atoms with Crippen molar-refractivity contribution in [1.82, 2.24) is 0 Å². The Hall–Kier alpha value is -4.86. The predicted molar refractivity (Wildman–Crippen MR) is 142 cm³/mol. The molecule has 1 saturated heterocycles. The van der Waals surface area contributed by atoms with Crippen molar-refractivity contribution in [3.05, 3.63) is 92.6 Å². The van der Waals surface area contributed by atoms with Gasteiger partial charge in [0.1, 0.15) is 11.5 Å². The number of methoxy groups -OCH3 is 1. The van der Waals surface area contributed by atoms with Crippen LogP contribution in [0.5, 0.6) is 11.5 Å². The third-order valence-corrected chi connectivity index (χ3v) is 8.44. The maximum Gasteiger partial charge on any atom is 0.269 e. The normalized spacial score (nSPS) is 25.7. The summed E-state index contributed by atoms with van der Waals surface area (Å²) in [5.41, 5.74) is 1.88. The maximum atomic E-state index is 13.9. The van der Waals surface area contributed by atoms with Crippen LogP contribution in [0.2, 0.25) is 0 Å². The Morgan fingerprint density at radius 2 is 1.75 bits per heavy atom. The van der Waals surface area contributed by atoms with Gasteiger partial charge in [-0.1, -0.05) is 17.7 Å². The van der Waals surface area contributed by atoms with Crippen LogP contribution in [0.15, 0.2) is 76.9 Å². The summed E-state index contributed by atoms with van der Waals surface area (Å²) in [6, 6.07) is 9.96. The zero-order valence-electron chi connectivity index (χ0n) is 21.6. The van der Waals surface area contributed by atoms with Gasteiger partial charge in [0.15, 0.2) is 11.6 Å². The van der Waals surface area contributed by atoms with Crippen LogP contribution in [0, 0.1) is 27.9 Å². The molecule has 10 heteroatoms. The van der Waals surface area contributed by atoms with Gasteiger partial charge in [0.05, 0.1) is 29.6 Å². The number of non-ortho nitro benzene ring substituents is 1. The number of benzene rings is 2. The van der Waals surface area contributed by atoms with Gasteiger partial charge in [0.25, 0.3) is 5.69 Å². The molecule has 2 aromatic rings. The van der Waals surface area contributed by atoms with Gasteiger partial charge in [-0.2, -0.15) is 0 Å². The quantitative estimate of drug-likeness (QED) is 0.202. The smallest absolute Gasteiger partial charge is 0.269 e. The molecule has 4 atom stereocenters. The highest BCUT2D eigenvalue weighted by Gasteiger charge is 2.57. The van der Waals surface area contributed by atoms with Gasteiger partial charge in [-0.25, -0.2) is 0 Å². The fraction of sp³-hybridized carbons (Fsp3) is 0.267. The van der Waals surface area contributed by atoms with E-state index in [-0.39, 0.29) is 58.3 Å². The molecule has 1 aliphatic heterocycles. The first-order chi connectivity index (χ1) is 19.1. The first-order valence-electron chi connectivity index (χ1n) is 12.8. The fourth-order valence-electron chi connectivity index (χ4n) is 6.67. The second kappa shape index (κ2) is 9.11. The van der Waals surface area contributed by atoms with Crippen molar-refractivity contribution >= 4 is 34.8 Å². The number of hydrogen-bond donors (Lipinski definition) is 1. The van der Waals surface area contributed by atoms with Crippen molar-refractivity contribution in [3.63, 3.8) is 0 Å². The number of imide groups is 1. The van der Waals surface area contributed by atoms with Crippen molar-refractivity contribution in [2.24, 2.45) is 17.8 Å². The Kier molecular flexibility index (Phi) is 5.79. The lowest BCUT2D eigenvalue weighted by atomic mass is 9.59. The highest BCUT2D eigenvalue weighted by atomic mass is 16.6. The summed E-state index contributed by atoms with van der Waals surface area (Å²) in [6.45, 7) is 1.57. The highest BCUT2D eigenvalue weighted by molar-refractivity contribution is 6.25. The summed E-state index contributed by atoms with van der Waals surface area (Å²) in [5.74, 6) is -4.27. The van der Waals surface area contributed by atoms with E-state index in [2.05, 4.69) is 0 Å². The number of allylic oxidation sites excluding steroid dienone is 6. The number of nitro benzene ring substituents is 1. The van der Waals surface area contributed by atoms with Crippen LogP contribution in [-0.2, 0) is 19.2 Å². The van der Waals surface area contributed by atoms with Gasteiger partial charge < -0.3 is 9.84 Å². The van der Waals surface area contributed by atoms with E-state index in [0.717, 1.165) is 4.90 Å². The molecule has 4 aliphatic rings. The summed E-state index contributed by atoms with van der Waals surface area (Å²) < 4.78 is 5.56. The fourth-order valence-corrected chi connectivity index (χ4v) is 6.67. The third-order valence-electron chi connectivity index (χ3n) is 8.44. The number of carbonyl (C=O) groups is 4. The molecule has 0 unspecified atom stereocenters. The number of rotatable bonds is 4. The largest absolute Gasteiger partial charge is 0.507 e. The molecule has 1 fully saturated rings. The molecule has 3 aliphatic carbocycles. The molecule has 1 heterocycles. The minimum Gasteiger partial charge on any atom is -0.507 e. The lowest BCUT2D eigenvalue weighted by Gasteiger charge is -2.42. The SMILES string of the molecule is COc1cccc(O)c1[C@H]1C2=CC[C@@H]3C(=O)N(c4ccc([N+](=O)[O-])cc4)C(=O)[C@@H]3[C@@H]2CC2=C1C(=O)C(C)=CC2=O. The monoisotopic (exact) mass is 540 g/mol. The molecule has 0 aromatic heterocycles. The molecule has 0 spiro atoms. The molecule has 1 N–H and O–H groups in total. The first-order valence-corrected chi connectivity index (χ1v) is 12.8. The van der Waals surface area contributed by atoms with E-state index in [4.69, 9.17) is 4.74 Å². The number of phenols is 1. The average molecular weight is 541 g/mol. The zero-order valence-corrected chi connectivity index (χ0v) is 21.6. The lowest BCUT2D eigenvalue weighted by Crippen LogP contribution is -2.40. The van der Waals surface area contributed by atoms with Crippen LogP contribution in [0.1, 0.15) is 31.2 Å². The van der Waals surface area contributed by atoms with Gasteiger partial charge in [-0.3, -0.25) is 34.2 Å². The number of Topliss-reactive ketones (excluding diaryl/α,β-unsaturated/α-hetero) is 1. The van der Waals surface area contributed by atoms with Crippen LogP contribution < -0.4 is 9.64 Å². The molecule has 2 aromatic carbocycles. The summed E-state index contributed by atoms with van der Waals surface area (Å²) in [7, 11) is 1.44. The van der Waals surface area contributed by atoms with Crippen molar-refractivity contribution in [3.8, 4) is 11.5 Å². The van der Waals surface area contributed by atoms with Crippen molar-refractivity contribution in [1.29, 1.82) is 0 Å². The maximum absolute atomic E-state index is 13.9. The zero-order chi connectivity index (χ0) is 28.5. The number of ketones is 2. The second-order valence-corrected chi connectivity index (χ2v) is 10.4. The molecule has 0 radical (unpaired) electrons. The molecule has 0 bridgehead atoms. The van der Waals surface area contributed by atoms with Gasteiger partial charge >= 0.3 is 0 Å². The number of hydrogen-bond acceptors (Lipinski definition) is 8. The Bertz CT molecular complexity index is 1630. The van der Waals surface area contributed by atoms with Gasteiger partial charge in [-0.15, -0.1) is 0 Å². The van der Waals surface area contributed by atoms with Crippen molar-refractivity contribution in [2.75, 3.05) is 12.0 Å². The van der Waals surface area contributed by atoms with Gasteiger partial charge in [-0.05, 0) is 56.0 Å². The summed E-state index contributed by atoms with van der Waals surface area (Å²) >= 11 is 0. The highest BCUT2D eigenvalue weighted by Crippen LogP contribution is 2.57. The van der Waals surface area contributed by atoms with Gasteiger partial charge in [0, 0.05) is 40.3 Å². The Balaban J connectivity index is 1.49. The van der Waals surface area contributed by atoms with Crippen LogP contribution in [0.25, 0.3) is 0 Å². The molecule has 202 valence electrons. The van der Waals surface area contributed by atoms with E-state index in [9.17, 15) is 34.4 Å². The number of fused-ring (bicyclic) bond motifs is 3. The minimum atomic E-state index is -0.845. The van der Waals surface area contributed by atoms with E-state index in [1.165, 1.54) is 43.5 Å². The van der Waals surface area contributed by atoms with E-state index in [1.54, 1.807) is 19.1 Å². The van der Waals surface area contributed by atoms with Gasteiger partial charge in [0.2, 0.25) is 11.8 Å². The molecule has 2 amide bonds. The number of ether oxygens (including phenoxy) is 1. The lowest BCUT2D eigenvalue weighted by molar-refractivity contribution is -0.384. The summed E-state index contributed by atoms with van der Waals surface area (Å²) in [6.07, 6.45) is 3.45. The first kappa shape index (κ1) is 25.4. The van der Waals surface area contributed by atoms with Crippen LogP contribution in [-0.4, -0.2) is 40.5 Å². The number of nitro groups is 1. The molecular weight excluding hydrogens is 516 g/mol. The topological polar surface area (TPSA) is 144 Å². The molecule has 10 nitrogen and oxygen atoms in total. The van der Waals surface area contributed by atoms with E-state index in [0.29, 0.717) is 16.9 Å². The van der Waals surface area contributed by atoms with E-state index in [1.807, 2.05) is 6.08 Å². The number of anilines is 1. The number of phenolic OH excluding ortho intramolecular Hbond substituents is 1. The third kappa shape index (κ3) is 3.55. The van der Waals surface area contributed by atoms with Crippen molar-refractivity contribution < 1.29 is 33.9 Å². The Morgan fingerprint density at radius 3 is 2.42 bits per heavy atom. The number of nitrogens with zero attached hydrogens (tertiary/aromatic N) is 2. The summed E-state index contributed by atoms with van der Waals surface area (Å²) in [5, 5.41) is 22.1. The van der Waals surface area contributed by atoms with Crippen LogP contribution in [0.3, 0.4) is 0 Å². The standard InChI is InChI=1S/C30H24N2O8/c1-14-12-22(34)20-13-19-17(25(26(20)28(14)35)27-21(33)4-3-5-23(27)40-2)10-11-18-24(19)30(37)31(29(18)36)15-6-8-16(9-7-15)32(38)39/h3-10,12,18-19,24-25,33H,11,13H2,1-2H3/t18-,19+,24-,25-/m0/s1. The molecule has 0 saturated carbocycles. The molecular formula is C30H24N2O8. The molecule has 6 rings (SSSR count). The van der Waals surface area contributed by atoms with Crippen LogP contribution >= 0.6 is 0 Å². The Labute approximate surface area is 228 Å². The molecule has 40 heavy (non-hydrogen) atoms.